The van der Waals surface area contributed by atoms with Gasteiger partial charge in [-0.2, -0.15) is 13.2 Å². The highest BCUT2D eigenvalue weighted by Gasteiger charge is 2.60. The summed E-state index contributed by atoms with van der Waals surface area (Å²) in [6, 6.07) is 0. The number of halogens is 5. The largest absolute Gasteiger partial charge is 0.481 e. The Hall–Kier alpha value is -1.54. The van der Waals surface area contributed by atoms with E-state index in [4.69, 9.17) is 23.2 Å². The fraction of sp³-hybridized carbons (Fsp3) is 0.611. The van der Waals surface area contributed by atoms with Gasteiger partial charge < -0.3 is 5.11 Å². The first kappa shape index (κ1) is 22.7. The Labute approximate surface area is 170 Å². The first-order valence-electron chi connectivity index (χ1n) is 8.75. The van der Waals surface area contributed by atoms with Gasteiger partial charge >= 0.3 is 12.1 Å². The van der Waals surface area contributed by atoms with Gasteiger partial charge in [-0.15, -0.1) is 0 Å². The van der Waals surface area contributed by atoms with Crippen molar-refractivity contribution in [1.29, 1.82) is 0 Å². The van der Waals surface area contributed by atoms with Gasteiger partial charge in [-0.25, -0.2) is 0 Å². The van der Waals surface area contributed by atoms with Crippen LogP contribution >= 0.6 is 23.2 Å². The summed E-state index contributed by atoms with van der Waals surface area (Å²) in [5, 5.41) is 9.85. The van der Waals surface area contributed by atoms with Gasteiger partial charge in [0, 0.05) is 17.7 Å². The zero-order valence-corrected chi connectivity index (χ0v) is 16.8. The number of hydrogen-bond donors (Lipinski definition) is 1. The van der Waals surface area contributed by atoms with Crippen molar-refractivity contribution in [2.45, 2.75) is 45.7 Å². The van der Waals surface area contributed by atoms with Crippen molar-refractivity contribution in [2.24, 2.45) is 17.3 Å². The molecular formula is C18H20Cl2F3NO4. The van der Waals surface area contributed by atoms with E-state index in [9.17, 15) is 32.7 Å². The number of amides is 2. The molecule has 2 amide bonds. The second kappa shape index (κ2) is 8.06. The quantitative estimate of drug-likeness (QED) is 0.617. The van der Waals surface area contributed by atoms with Crippen molar-refractivity contribution < 1.29 is 32.7 Å². The Balaban J connectivity index is 2.56. The minimum absolute atomic E-state index is 0.272. The molecular weight excluding hydrogens is 422 g/mol. The Kier molecular flexibility index (Phi) is 6.55. The third kappa shape index (κ3) is 3.94. The lowest BCUT2D eigenvalue weighted by atomic mass is 9.66. The molecule has 10 heteroatoms. The third-order valence-electron chi connectivity index (χ3n) is 5.52. The molecule has 0 aromatic rings. The highest BCUT2D eigenvalue weighted by atomic mass is 35.5. The maximum atomic E-state index is 13.8. The maximum Gasteiger partial charge on any atom is 0.396 e. The minimum Gasteiger partial charge on any atom is -0.481 e. The van der Waals surface area contributed by atoms with E-state index in [-0.39, 0.29) is 11.1 Å². The van der Waals surface area contributed by atoms with Crippen molar-refractivity contribution in [3.63, 3.8) is 0 Å². The normalized spacial score (nSPS) is 20.9. The number of imide groups is 1. The van der Waals surface area contributed by atoms with E-state index >= 15 is 0 Å². The molecule has 1 N–H and O–H groups in total. The van der Waals surface area contributed by atoms with Gasteiger partial charge in [0.25, 0.3) is 11.8 Å². The van der Waals surface area contributed by atoms with Gasteiger partial charge in [-0.05, 0) is 37.7 Å². The molecule has 0 fully saturated rings. The molecule has 156 valence electrons. The van der Waals surface area contributed by atoms with Gasteiger partial charge in [-0.3, -0.25) is 19.3 Å². The summed E-state index contributed by atoms with van der Waals surface area (Å²) in [7, 11) is 0. The van der Waals surface area contributed by atoms with Crippen LogP contribution in [-0.4, -0.2) is 40.5 Å². The highest BCUT2D eigenvalue weighted by molar-refractivity contribution is 6.55. The molecule has 2 rings (SSSR count). The number of alkyl halides is 3. The summed E-state index contributed by atoms with van der Waals surface area (Å²) < 4.78 is 40.8. The van der Waals surface area contributed by atoms with Gasteiger partial charge in [0.15, 0.2) is 0 Å². The first-order valence-corrected chi connectivity index (χ1v) is 9.50. The van der Waals surface area contributed by atoms with Crippen molar-refractivity contribution in [1.82, 2.24) is 4.90 Å². The maximum absolute atomic E-state index is 13.8. The van der Waals surface area contributed by atoms with Gasteiger partial charge in [0.2, 0.25) is 0 Å². The molecule has 0 bridgehead atoms. The second-order valence-corrected chi connectivity index (χ2v) is 8.34. The number of allylic oxidation sites excluding steroid dienone is 1. The molecule has 0 aromatic carbocycles. The van der Waals surface area contributed by atoms with Crippen LogP contribution in [0.25, 0.3) is 0 Å². The average molecular weight is 442 g/mol. The van der Waals surface area contributed by atoms with Gasteiger partial charge in [-0.1, -0.05) is 37.0 Å². The van der Waals surface area contributed by atoms with Crippen LogP contribution in [0, 0.1) is 17.3 Å². The molecule has 1 aliphatic heterocycles. The molecule has 2 atom stereocenters. The number of nitrogens with zero attached hydrogens (tertiary/aromatic N) is 1. The Morgan fingerprint density at radius 1 is 1.14 bits per heavy atom. The Morgan fingerprint density at radius 2 is 1.61 bits per heavy atom. The summed E-state index contributed by atoms with van der Waals surface area (Å²) in [4.78, 5) is 38.2. The molecule has 0 saturated carbocycles. The minimum atomic E-state index is -5.02. The lowest BCUT2D eigenvalue weighted by molar-refractivity contribution is -0.212. The van der Waals surface area contributed by atoms with Crippen LogP contribution in [0.5, 0.6) is 0 Å². The van der Waals surface area contributed by atoms with E-state index < -0.39 is 52.2 Å². The van der Waals surface area contributed by atoms with Crippen molar-refractivity contribution in [3.8, 4) is 0 Å². The van der Waals surface area contributed by atoms with E-state index in [1.165, 1.54) is 13.8 Å². The molecule has 0 radical (unpaired) electrons. The predicted octanol–water partition coefficient (Wildman–Crippen LogP) is 4.45. The van der Waals surface area contributed by atoms with Crippen LogP contribution in [0.4, 0.5) is 13.2 Å². The number of hydrogen-bond acceptors (Lipinski definition) is 3. The summed E-state index contributed by atoms with van der Waals surface area (Å²) in [5.41, 5.74) is -2.00. The predicted molar refractivity (Wildman–Crippen MR) is 96.5 cm³/mol. The highest BCUT2D eigenvalue weighted by Crippen LogP contribution is 2.49. The monoisotopic (exact) mass is 441 g/mol. The molecule has 0 aromatic heterocycles. The van der Waals surface area contributed by atoms with E-state index in [1.807, 2.05) is 0 Å². The van der Waals surface area contributed by atoms with Crippen LogP contribution in [-0.2, 0) is 14.4 Å². The first-order chi connectivity index (χ1) is 12.8. The molecule has 1 aliphatic carbocycles. The fourth-order valence-electron chi connectivity index (χ4n) is 3.95. The summed E-state index contributed by atoms with van der Waals surface area (Å²) in [6.07, 6.45) is -2.51. The van der Waals surface area contributed by atoms with Gasteiger partial charge in [0.05, 0.1) is 5.92 Å². The van der Waals surface area contributed by atoms with Crippen LogP contribution in [0.3, 0.4) is 0 Å². The number of rotatable bonds is 6. The van der Waals surface area contributed by atoms with E-state index in [0.29, 0.717) is 36.7 Å². The van der Waals surface area contributed by atoms with Gasteiger partial charge in [0.1, 0.15) is 9.91 Å². The lowest BCUT2D eigenvalue weighted by Gasteiger charge is -2.41. The summed E-state index contributed by atoms with van der Waals surface area (Å²) in [6.45, 7) is 1.66. The van der Waals surface area contributed by atoms with Crippen LogP contribution in [0.2, 0.25) is 0 Å². The standard InChI is InChI=1S/C18H20Cl2F3NO4/c1-9(2)17(16(27)28,12(7-13(19)20)18(21,22)23)8-24-14(25)10-5-3-4-6-11(10)15(24)26/h7,9,12H,3-6,8H2,1-2H3,(H,27,28). The number of carboxylic acid groups (broad SMARTS) is 1. The number of carboxylic acids is 1. The third-order valence-corrected chi connectivity index (χ3v) is 5.77. The smallest absolute Gasteiger partial charge is 0.396 e. The molecule has 28 heavy (non-hydrogen) atoms. The van der Waals surface area contributed by atoms with Crippen molar-refractivity contribution in [2.75, 3.05) is 6.54 Å². The Bertz CT molecular complexity index is 728. The molecule has 1 heterocycles. The average Bonchev–Trinajstić information content (AvgIpc) is 2.81. The summed E-state index contributed by atoms with van der Waals surface area (Å²) >= 11 is 10.9. The van der Waals surface area contributed by atoms with Crippen molar-refractivity contribution in [3.05, 3.63) is 21.7 Å². The fourth-order valence-corrected chi connectivity index (χ4v) is 4.20. The summed E-state index contributed by atoms with van der Waals surface area (Å²) in [5.74, 6) is -6.92. The zero-order valence-electron chi connectivity index (χ0n) is 15.3. The zero-order chi connectivity index (χ0) is 21.4. The van der Waals surface area contributed by atoms with E-state index in [0.717, 1.165) is 0 Å². The molecule has 2 aliphatic rings. The Morgan fingerprint density at radius 3 is 1.93 bits per heavy atom. The second-order valence-electron chi connectivity index (χ2n) is 7.34. The number of carbonyl (C=O) groups excluding carboxylic acids is 2. The van der Waals surface area contributed by atoms with Crippen LogP contribution in [0.1, 0.15) is 39.5 Å². The number of carbonyl (C=O) groups is 3. The number of aliphatic carboxylic acids is 1. The molecule has 0 spiro atoms. The topological polar surface area (TPSA) is 74.7 Å². The van der Waals surface area contributed by atoms with Crippen LogP contribution in [0.15, 0.2) is 21.7 Å². The molecule has 2 unspecified atom stereocenters. The molecule has 5 nitrogen and oxygen atoms in total. The van der Waals surface area contributed by atoms with E-state index in [1.54, 1.807) is 0 Å². The van der Waals surface area contributed by atoms with Crippen molar-refractivity contribution >= 4 is 41.0 Å². The van der Waals surface area contributed by atoms with Crippen LogP contribution < -0.4 is 0 Å². The SMILES string of the molecule is CC(C)C(CN1C(=O)C2=C(CCCC2)C1=O)(C(=O)O)C(C=C(Cl)Cl)C(F)(F)F. The molecule has 0 saturated heterocycles. The lowest BCUT2D eigenvalue weighted by Crippen LogP contribution is -2.56. The van der Waals surface area contributed by atoms with E-state index in [2.05, 4.69) is 0 Å².